The van der Waals surface area contributed by atoms with Crippen LogP contribution in [0.3, 0.4) is 0 Å². The van der Waals surface area contributed by atoms with Crippen molar-refractivity contribution < 1.29 is 9.72 Å². The summed E-state index contributed by atoms with van der Waals surface area (Å²) >= 11 is 0. The average molecular weight is 297 g/mol. The van der Waals surface area contributed by atoms with Gasteiger partial charge in [0, 0.05) is 44.2 Å². The van der Waals surface area contributed by atoms with Crippen LogP contribution in [0.25, 0.3) is 6.08 Å². The van der Waals surface area contributed by atoms with Crippen molar-refractivity contribution in [3.63, 3.8) is 0 Å². The zero-order chi connectivity index (χ0) is 15.9. The molecule has 112 valence electrons. The fraction of sp³-hybridized carbons (Fsp3) is 0.125. The minimum Gasteiger partial charge on any atom is -0.338 e. The van der Waals surface area contributed by atoms with Crippen molar-refractivity contribution in [2.24, 2.45) is 0 Å². The summed E-state index contributed by atoms with van der Waals surface area (Å²) in [5, 5.41) is 10.7. The lowest BCUT2D eigenvalue weighted by atomic mass is 10.2. The van der Waals surface area contributed by atoms with Crippen LogP contribution in [-0.4, -0.2) is 27.8 Å². The zero-order valence-corrected chi connectivity index (χ0v) is 12.0. The molecule has 0 saturated carbocycles. The van der Waals surface area contributed by atoms with E-state index < -0.39 is 4.92 Å². The second-order valence-corrected chi connectivity index (χ2v) is 4.74. The molecule has 0 saturated heterocycles. The van der Waals surface area contributed by atoms with Crippen LogP contribution in [0.2, 0.25) is 0 Å². The number of nitro benzene ring substituents is 1. The molecule has 0 aliphatic carbocycles. The van der Waals surface area contributed by atoms with E-state index >= 15 is 0 Å². The minimum atomic E-state index is -0.464. The van der Waals surface area contributed by atoms with Gasteiger partial charge in [0.05, 0.1) is 4.92 Å². The Morgan fingerprint density at radius 2 is 2.05 bits per heavy atom. The second kappa shape index (κ2) is 7.12. The highest BCUT2D eigenvalue weighted by Crippen LogP contribution is 2.14. The Bertz CT molecular complexity index is 699. The summed E-state index contributed by atoms with van der Waals surface area (Å²) in [5.74, 6) is -0.177. The van der Waals surface area contributed by atoms with Gasteiger partial charge in [0.15, 0.2) is 0 Å². The monoisotopic (exact) mass is 297 g/mol. The maximum atomic E-state index is 12.0. The number of benzene rings is 1. The maximum absolute atomic E-state index is 12.0. The van der Waals surface area contributed by atoms with Crippen LogP contribution < -0.4 is 0 Å². The number of amides is 1. The molecule has 0 fully saturated rings. The summed E-state index contributed by atoms with van der Waals surface area (Å²) in [6, 6.07) is 9.81. The van der Waals surface area contributed by atoms with Gasteiger partial charge in [0.1, 0.15) is 0 Å². The molecule has 2 aromatic rings. The van der Waals surface area contributed by atoms with Crippen molar-refractivity contribution in [3.05, 3.63) is 76.1 Å². The van der Waals surface area contributed by atoms with Gasteiger partial charge in [-0.3, -0.25) is 19.9 Å². The third kappa shape index (κ3) is 4.24. The normalized spacial score (nSPS) is 10.6. The molecular formula is C16H15N3O3. The van der Waals surface area contributed by atoms with Crippen molar-refractivity contribution in [2.45, 2.75) is 6.54 Å². The first-order chi connectivity index (χ1) is 10.6. The third-order valence-electron chi connectivity index (χ3n) is 3.04. The van der Waals surface area contributed by atoms with Gasteiger partial charge in [-0.1, -0.05) is 12.1 Å². The van der Waals surface area contributed by atoms with Crippen LogP contribution in [0.5, 0.6) is 0 Å². The standard InChI is InChI=1S/C16H15N3O3/c1-18(12-14-7-9-17-10-8-14)16(20)6-5-13-3-2-4-15(11-13)19(21)22/h2-11H,12H2,1H3/b6-5+. The van der Waals surface area contributed by atoms with Crippen LogP contribution >= 0.6 is 0 Å². The lowest BCUT2D eigenvalue weighted by Crippen LogP contribution is -2.24. The summed E-state index contributed by atoms with van der Waals surface area (Å²) in [6.07, 6.45) is 6.32. The van der Waals surface area contributed by atoms with Gasteiger partial charge in [-0.25, -0.2) is 0 Å². The number of carbonyl (C=O) groups is 1. The molecule has 1 amide bonds. The first-order valence-corrected chi connectivity index (χ1v) is 6.63. The number of hydrogen-bond acceptors (Lipinski definition) is 4. The molecule has 1 heterocycles. The van der Waals surface area contributed by atoms with E-state index in [4.69, 9.17) is 0 Å². The summed E-state index contributed by atoms with van der Waals surface area (Å²) in [5.41, 5.74) is 1.59. The van der Waals surface area contributed by atoms with E-state index in [2.05, 4.69) is 4.98 Å². The molecule has 0 atom stereocenters. The van der Waals surface area contributed by atoms with Gasteiger partial charge in [-0.15, -0.1) is 0 Å². The molecule has 1 aromatic carbocycles. The molecule has 22 heavy (non-hydrogen) atoms. The van der Waals surface area contributed by atoms with E-state index in [0.717, 1.165) is 5.56 Å². The fourth-order valence-electron chi connectivity index (χ4n) is 1.88. The van der Waals surface area contributed by atoms with Crippen LogP contribution in [0, 0.1) is 10.1 Å². The van der Waals surface area contributed by atoms with Gasteiger partial charge in [-0.05, 0) is 29.3 Å². The smallest absolute Gasteiger partial charge is 0.270 e. The van der Waals surface area contributed by atoms with E-state index in [9.17, 15) is 14.9 Å². The first kappa shape index (κ1) is 15.4. The molecule has 0 spiro atoms. The Kier molecular flexibility index (Phi) is 4.98. The topological polar surface area (TPSA) is 76.3 Å². The first-order valence-electron chi connectivity index (χ1n) is 6.63. The Morgan fingerprint density at radius 1 is 1.32 bits per heavy atom. The lowest BCUT2D eigenvalue weighted by molar-refractivity contribution is -0.384. The lowest BCUT2D eigenvalue weighted by Gasteiger charge is -2.14. The molecular weight excluding hydrogens is 282 g/mol. The van der Waals surface area contributed by atoms with Gasteiger partial charge >= 0.3 is 0 Å². The van der Waals surface area contributed by atoms with Crippen LogP contribution in [0.15, 0.2) is 54.9 Å². The van der Waals surface area contributed by atoms with Gasteiger partial charge in [0.25, 0.3) is 5.69 Å². The third-order valence-corrected chi connectivity index (χ3v) is 3.04. The maximum Gasteiger partial charge on any atom is 0.270 e. The van der Waals surface area contributed by atoms with Crippen molar-refractivity contribution in [1.82, 2.24) is 9.88 Å². The Morgan fingerprint density at radius 3 is 2.73 bits per heavy atom. The van der Waals surface area contributed by atoms with E-state index in [1.54, 1.807) is 42.6 Å². The molecule has 1 aromatic heterocycles. The number of aromatic nitrogens is 1. The van der Waals surface area contributed by atoms with E-state index in [1.165, 1.54) is 18.2 Å². The second-order valence-electron chi connectivity index (χ2n) is 4.74. The summed E-state index contributed by atoms with van der Waals surface area (Å²) in [4.78, 5) is 27.8. The highest BCUT2D eigenvalue weighted by Gasteiger charge is 2.07. The van der Waals surface area contributed by atoms with Gasteiger partial charge in [-0.2, -0.15) is 0 Å². The SMILES string of the molecule is CN(Cc1ccncc1)C(=O)/C=C/c1cccc([N+](=O)[O-])c1. The molecule has 0 radical (unpaired) electrons. The highest BCUT2D eigenvalue weighted by atomic mass is 16.6. The quantitative estimate of drug-likeness (QED) is 0.483. The number of non-ortho nitro benzene ring substituents is 1. The van der Waals surface area contributed by atoms with E-state index in [0.29, 0.717) is 12.1 Å². The summed E-state index contributed by atoms with van der Waals surface area (Å²) < 4.78 is 0. The van der Waals surface area contributed by atoms with Gasteiger partial charge < -0.3 is 4.90 Å². The largest absolute Gasteiger partial charge is 0.338 e. The Hall–Kier alpha value is -3.02. The Balaban J connectivity index is 2.01. The number of rotatable bonds is 5. The number of likely N-dealkylation sites (N-methyl/N-ethyl adjacent to an activating group) is 1. The molecule has 0 unspecified atom stereocenters. The molecule has 0 bridgehead atoms. The molecule has 0 N–H and O–H groups in total. The molecule has 2 rings (SSSR count). The van der Waals surface area contributed by atoms with E-state index in [-0.39, 0.29) is 11.6 Å². The molecule has 0 aliphatic rings. The van der Waals surface area contributed by atoms with E-state index in [1.807, 2.05) is 12.1 Å². The van der Waals surface area contributed by atoms with Crippen LogP contribution in [0.1, 0.15) is 11.1 Å². The van der Waals surface area contributed by atoms with Crippen molar-refractivity contribution >= 4 is 17.7 Å². The molecule has 6 nitrogen and oxygen atoms in total. The fourth-order valence-corrected chi connectivity index (χ4v) is 1.88. The summed E-state index contributed by atoms with van der Waals surface area (Å²) in [6.45, 7) is 0.473. The van der Waals surface area contributed by atoms with Crippen molar-refractivity contribution in [3.8, 4) is 0 Å². The Labute approximate surface area is 127 Å². The van der Waals surface area contributed by atoms with Crippen molar-refractivity contribution in [2.75, 3.05) is 7.05 Å². The number of hydrogen-bond donors (Lipinski definition) is 0. The predicted molar refractivity (Wildman–Crippen MR) is 82.8 cm³/mol. The summed E-state index contributed by atoms with van der Waals surface area (Å²) in [7, 11) is 1.69. The van der Waals surface area contributed by atoms with Crippen LogP contribution in [-0.2, 0) is 11.3 Å². The molecule has 0 aliphatic heterocycles. The number of nitro groups is 1. The number of nitrogens with zero attached hydrogens (tertiary/aromatic N) is 3. The number of pyridine rings is 1. The molecule has 6 heteroatoms. The van der Waals surface area contributed by atoms with Gasteiger partial charge in [0.2, 0.25) is 5.91 Å². The van der Waals surface area contributed by atoms with Crippen LogP contribution in [0.4, 0.5) is 5.69 Å². The predicted octanol–water partition coefficient (Wildman–Crippen LogP) is 2.66. The van der Waals surface area contributed by atoms with Crippen molar-refractivity contribution in [1.29, 1.82) is 0 Å². The highest BCUT2D eigenvalue weighted by molar-refractivity contribution is 5.91. The number of carbonyl (C=O) groups excluding carboxylic acids is 1. The average Bonchev–Trinajstić information content (AvgIpc) is 2.53. The zero-order valence-electron chi connectivity index (χ0n) is 12.0. The minimum absolute atomic E-state index is 0.000242.